The molecular formula is C55H72Cl2Zr-2. The maximum Gasteiger partial charge on any atom is -0.109 e. The molecule has 6 rings (SSSR count). The van der Waals surface area contributed by atoms with Gasteiger partial charge in [0, 0.05) is 0 Å². The Kier molecular flexibility index (Phi) is 19.6. The van der Waals surface area contributed by atoms with Crippen LogP contribution in [0.15, 0.2) is 85.0 Å². The molecule has 0 aliphatic heterocycles. The zero-order valence-electron chi connectivity index (χ0n) is 38.5. The Balaban J connectivity index is 0.000000576. The number of allylic oxidation sites excluding steroid dienone is 4. The fourth-order valence-corrected chi connectivity index (χ4v) is 8.29. The minimum Gasteiger partial charge on any atom is -1.00 e. The van der Waals surface area contributed by atoms with Gasteiger partial charge in [-0.25, -0.2) is 12.2 Å². The van der Waals surface area contributed by atoms with Crippen LogP contribution in [0.25, 0.3) is 33.4 Å². The summed E-state index contributed by atoms with van der Waals surface area (Å²) < 4.78 is 1.79. The van der Waals surface area contributed by atoms with Crippen LogP contribution >= 0.6 is 0 Å². The zero-order valence-corrected chi connectivity index (χ0v) is 42.5. The molecule has 4 aromatic rings. The van der Waals surface area contributed by atoms with E-state index in [-0.39, 0.29) is 46.5 Å². The summed E-state index contributed by atoms with van der Waals surface area (Å²) in [6.45, 7) is 32.3. The first-order chi connectivity index (χ1) is 26.1. The summed E-state index contributed by atoms with van der Waals surface area (Å²) in [5.41, 5.74) is 16.5. The van der Waals surface area contributed by atoms with E-state index in [1.54, 1.807) is 27.4 Å². The van der Waals surface area contributed by atoms with E-state index in [1.165, 1.54) is 105 Å². The van der Waals surface area contributed by atoms with Gasteiger partial charge in [-0.05, 0) is 61.5 Å². The second-order valence-corrected chi connectivity index (χ2v) is 21.9. The number of rotatable bonds is 8. The van der Waals surface area contributed by atoms with Crippen molar-refractivity contribution in [1.82, 2.24) is 0 Å². The maximum absolute atomic E-state index is 3.98. The second kappa shape index (κ2) is 22.0. The van der Waals surface area contributed by atoms with E-state index in [0.29, 0.717) is 0 Å². The molecule has 0 radical (unpaired) electrons. The Morgan fingerprint density at radius 1 is 0.603 bits per heavy atom. The molecule has 0 N–H and O–H groups in total. The first kappa shape index (κ1) is 51.8. The normalized spacial score (nSPS) is 13.0. The zero-order chi connectivity index (χ0) is 41.5. The van der Waals surface area contributed by atoms with Gasteiger partial charge in [-0.15, -0.1) is 35.2 Å². The van der Waals surface area contributed by atoms with Crippen molar-refractivity contribution in [2.24, 2.45) is 0 Å². The Hall–Kier alpha value is -2.31. The molecule has 58 heavy (non-hydrogen) atoms. The van der Waals surface area contributed by atoms with Crippen molar-refractivity contribution in [2.75, 3.05) is 0 Å². The molecule has 0 bridgehead atoms. The summed E-state index contributed by atoms with van der Waals surface area (Å²) in [7, 11) is 0. The Labute approximate surface area is 383 Å². The molecule has 0 unspecified atom stereocenters. The molecule has 0 heterocycles. The number of fused-ring (bicyclic) bond motifs is 3. The molecule has 0 nitrogen and oxygen atoms in total. The minimum atomic E-state index is 0. The van der Waals surface area contributed by atoms with E-state index in [1.807, 2.05) is 12.2 Å². The number of hydrogen-bond acceptors (Lipinski definition) is 0. The van der Waals surface area contributed by atoms with Crippen molar-refractivity contribution in [1.29, 1.82) is 0 Å². The third kappa shape index (κ3) is 14.1. The van der Waals surface area contributed by atoms with Gasteiger partial charge in [0.2, 0.25) is 0 Å². The summed E-state index contributed by atoms with van der Waals surface area (Å²) in [4.78, 5) is 0. The van der Waals surface area contributed by atoms with E-state index in [9.17, 15) is 0 Å². The van der Waals surface area contributed by atoms with Crippen LogP contribution in [0.3, 0.4) is 0 Å². The van der Waals surface area contributed by atoms with E-state index in [0.717, 1.165) is 12.8 Å². The minimum absolute atomic E-state index is 0. The van der Waals surface area contributed by atoms with Crippen LogP contribution in [0.1, 0.15) is 175 Å². The number of unbranched alkanes of at least 4 members (excludes halogenated alkanes) is 2. The fourth-order valence-electron chi connectivity index (χ4n) is 7.42. The second-order valence-electron chi connectivity index (χ2n) is 20.2. The van der Waals surface area contributed by atoms with E-state index < -0.39 is 0 Å². The fraction of sp³-hybridized carbons (Fsp3) is 0.473. The van der Waals surface area contributed by atoms with Crippen LogP contribution in [0, 0.1) is 12.1 Å². The summed E-state index contributed by atoms with van der Waals surface area (Å²) in [6.07, 6.45) is 19.2. The molecule has 0 saturated carbocycles. The first-order valence-electron chi connectivity index (χ1n) is 21.4. The van der Waals surface area contributed by atoms with Gasteiger partial charge < -0.3 is 24.8 Å². The van der Waals surface area contributed by atoms with Crippen molar-refractivity contribution >= 4 is 3.21 Å². The molecule has 0 fully saturated rings. The van der Waals surface area contributed by atoms with Crippen molar-refractivity contribution in [3.63, 3.8) is 0 Å². The number of halogens is 2. The molecule has 0 saturated heterocycles. The quantitative estimate of drug-likeness (QED) is 0.136. The van der Waals surface area contributed by atoms with Crippen LogP contribution in [0.4, 0.5) is 0 Å². The van der Waals surface area contributed by atoms with Gasteiger partial charge in [-0.3, -0.25) is 6.08 Å². The number of hydrogen-bond donors (Lipinski definition) is 0. The van der Waals surface area contributed by atoms with E-state index in [2.05, 4.69) is 182 Å². The van der Waals surface area contributed by atoms with Crippen molar-refractivity contribution in [3.8, 4) is 33.4 Å². The molecular weight excluding hydrogens is 823 g/mol. The molecule has 3 heteroatoms. The Morgan fingerprint density at radius 3 is 1.50 bits per heavy atom. The first-order valence-corrected chi connectivity index (χ1v) is 22.6. The van der Waals surface area contributed by atoms with E-state index >= 15 is 0 Å². The van der Waals surface area contributed by atoms with Gasteiger partial charge in [-0.1, -0.05) is 160 Å². The summed E-state index contributed by atoms with van der Waals surface area (Å²) >= 11 is 1.67. The standard InChI is InChI=1S/C41H49.C9H18.C5H5.2ClH.Zr/c1-38(2,3)31-17-13-26(14-18-31)28-21-30-22-29-23-33(27-15-19-32(20-16-27)39(4,5)6)35(40(7,8)9)25-34(29)37(30)36(24-28)41(10,11)12;1-3-5-7-9-8-6-4-2;1-2-4-5-3-1;;;/h13-21,24-25H,22H2,1-12H3;3-8H2,1-2H3;1-3H,4H2;2*1H;/q-1;;-1;;;+2/p-2. The van der Waals surface area contributed by atoms with E-state index in [4.69, 9.17) is 0 Å². The molecule has 0 aromatic heterocycles. The van der Waals surface area contributed by atoms with Gasteiger partial charge in [0.1, 0.15) is 0 Å². The third-order valence-electron chi connectivity index (χ3n) is 11.0. The Bertz CT molecular complexity index is 1960. The van der Waals surface area contributed by atoms with Crippen LogP contribution < -0.4 is 24.8 Å². The average Bonchev–Trinajstić information content (AvgIpc) is 3.83. The Morgan fingerprint density at radius 2 is 1.10 bits per heavy atom. The van der Waals surface area contributed by atoms with Gasteiger partial charge in [0.15, 0.2) is 0 Å². The topological polar surface area (TPSA) is 0 Å². The van der Waals surface area contributed by atoms with Gasteiger partial charge in [0.05, 0.1) is 0 Å². The van der Waals surface area contributed by atoms with Crippen LogP contribution in [0.2, 0.25) is 0 Å². The smallest absolute Gasteiger partial charge is 0.109 e. The number of benzene rings is 4. The van der Waals surface area contributed by atoms with Gasteiger partial charge >= 0.3 is 79.8 Å². The molecule has 0 amide bonds. The molecule has 0 atom stereocenters. The van der Waals surface area contributed by atoms with Crippen molar-refractivity contribution in [2.45, 2.75) is 170 Å². The molecule has 312 valence electrons. The third-order valence-corrected chi connectivity index (χ3v) is 12.2. The van der Waals surface area contributed by atoms with Crippen molar-refractivity contribution in [3.05, 3.63) is 130 Å². The summed E-state index contributed by atoms with van der Waals surface area (Å²) in [5.74, 6) is 0. The SMILES string of the molecule is CC(C)(C)c1ccc(-c2cc3c(c(C(C)(C)C)c2)-c2cc(C(C)(C)C)c(-c4ccc(C(C)(C)C)cc4)[c-]c2C3)cc1.CCCC[C](=[Zr+2])CCCC.[C-]1=CC=CC1.[Cl-].[Cl-]. The molecule has 2 aliphatic carbocycles. The average molecular weight is 895 g/mol. The molecule has 2 aliphatic rings. The van der Waals surface area contributed by atoms with Gasteiger partial charge in [0.25, 0.3) is 0 Å². The van der Waals surface area contributed by atoms with Crippen molar-refractivity contribution < 1.29 is 49.0 Å². The predicted octanol–water partition coefficient (Wildman–Crippen LogP) is 9.98. The monoisotopic (exact) mass is 892 g/mol. The largest absolute Gasteiger partial charge is 1.00 e. The van der Waals surface area contributed by atoms with Crippen LogP contribution in [-0.2, 0) is 52.3 Å². The molecule has 0 spiro atoms. The van der Waals surface area contributed by atoms with Crippen LogP contribution in [0.5, 0.6) is 0 Å². The van der Waals surface area contributed by atoms with Crippen LogP contribution in [-0.4, -0.2) is 3.21 Å². The summed E-state index contributed by atoms with van der Waals surface area (Å²) in [6, 6.07) is 29.8. The maximum atomic E-state index is 3.98. The predicted molar refractivity (Wildman–Crippen MR) is 245 cm³/mol. The molecule has 4 aromatic carbocycles. The summed E-state index contributed by atoms with van der Waals surface area (Å²) in [5, 5.41) is 0. The van der Waals surface area contributed by atoms with Gasteiger partial charge in [-0.2, -0.15) is 6.08 Å².